The Bertz CT molecular complexity index is 599. The predicted octanol–water partition coefficient (Wildman–Crippen LogP) is 4.22. The second-order valence-electron chi connectivity index (χ2n) is 4.27. The predicted molar refractivity (Wildman–Crippen MR) is 84.9 cm³/mol. The molecule has 0 spiro atoms. The van der Waals surface area contributed by atoms with Crippen molar-refractivity contribution in [1.29, 1.82) is 0 Å². The monoisotopic (exact) mass is 338 g/mol. The van der Waals surface area contributed by atoms with E-state index in [-0.39, 0.29) is 5.91 Å². The molecular formula is C14H15BrN2OS. The van der Waals surface area contributed by atoms with Gasteiger partial charge in [0.1, 0.15) is 0 Å². The summed E-state index contributed by atoms with van der Waals surface area (Å²) in [5.74, 6) is -0.0935. The summed E-state index contributed by atoms with van der Waals surface area (Å²) in [7, 11) is 0. The third-order valence-electron chi connectivity index (χ3n) is 2.90. The molecule has 0 atom stereocenters. The van der Waals surface area contributed by atoms with Crippen LogP contribution in [0.15, 0.2) is 28.1 Å². The highest BCUT2D eigenvalue weighted by Gasteiger charge is 2.14. The van der Waals surface area contributed by atoms with Crippen LogP contribution in [0.25, 0.3) is 0 Å². The van der Waals surface area contributed by atoms with Gasteiger partial charge in [0.05, 0.1) is 16.3 Å². The lowest BCUT2D eigenvalue weighted by Gasteiger charge is -2.12. The van der Waals surface area contributed by atoms with Crippen LogP contribution >= 0.6 is 27.3 Å². The Kier molecular flexibility index (Phi) is 4.27. The number of benzene rings is 1. The number of nitrogen functional groups attached to an aromatic ring is 1. The van der Waals surface area contributed by atoms with Crippen molar-refractivity contribution >= 4 is 44.5 Å². The number of anilines is 2. The largest absolute Gasteiger partial charge is 0.397 e. The van der Waals surface area contributed by atoms with E-state index in [0.29, 0.717) is 11.4 Å². The Balaban J connectivity index is 2.29. The Morgan fingerprint density at radius 1 is 1.47 bits per heavy atom. The number of thiophene rings is 1. The molecular weight excluding hydrogens is 324 g/mol. The molecule has 1 amide bonds. The number of amides is 1. The first kappa shape index (κ1) is 14.1. The van der Waals surface area contributed by atoms with Crippen molar-refractivity contribution < 1.29 is 4.79 Å². The molecule has 3 nitrogen and oxygen atoms in total. The van der Waals surface area contributed by atoms with Crippen LogP contribution in [0.1, 0.15) is 27.7 Å². The molecule has 0 bridgehead atoms. The van der Waals surface area contributed by atoms with E-state index in [0.717, 1.165) is 26.9 Å². The number of nitrogens with one attached hydrogen (secondary N) is 1. The van der Waals surface area contributed by atoms with E-state index in [9.17, 15) is 4.79 Å². The van der Waals surface area contributed by atoms with Crippen LogP contribution in [-0.4, -0.2) is 5.91 Å². The highest BCUT2D eigenvalue weighted by atomic mass is 79.9. The van der Waals surface area contributed by atoms with Crippen LogP contribution in [0.4, 0.5) is 11.4 Å². The molecule has 1 aromatic carbocycles. The Hall–Kier alpha value is -1.33. The van der Waals surface area contributed by atoms with Crippen molar-refractivity contribution in [2.45, 2.75) is 20.3 Å². The minimum atomic E-state index is -0.0935. The molecule has 0 radical (unpaired) electrons. The van der Waals surface area contributed by atoms with E-state index in [1.54, 1.807) is 6.07 Å². The summed E-state index contributed by atoms with van der Waals surface area (Å²) in [5.41, 5.74) is 9.21. The zero-order chi connectivity index (χ0) is 14.0. The van der Waals surface area contributed by atoms with Gasteiger partial charge in [0.25, 0.3) is 5.91 Å². The van der Waals surface area contributed by atoms with Gasteiger partial charge < -0.3 is 11.1 Å². The van der Waals surface area contributed by atoms with Gasteiger partial charge in [-0.1, -0.05) is 22.9 Å². The fourth-order valence-electron chi connectivity index (χ4n) is 1.92. The Labute approximate surface area is 125 Å². The zero-order valence-electron chi connectivity index (χ0n) is 10.8. The average Bonchev–Trinajstić information content (AvgIpc) is 2.81. The Morgan fingerprint density at radius 2 is 2.21 bits per heavy atom. The molecule has 0 aliphatic rings. The molecule has 0 saturated carbocycles. The van der Waals surface area contributed by atoms with Crippen LogP contribution in [0, 0.1) is 6.92 Å². The van der Waals surface area contributed by atoms with E-state index in [2.05, 4.69) is 21.2 Å². The topological polar surface area (TPSA) is 55.1 Å². The summed E-state index contributed by atoms with van der Waals surface area (Å²) in [6.45, 7) is 3.96. The molecule has 0 aliphatic carbocycles. The van der Waals surface area contributed by atoms with Crippen LogP contribution in [0.2, 0.25) is 0 Å². The minimum absolute atomic E-state index is 0.0935. The van der Waals surface area contributed by atoms with Gasteiger partial charge in [0.2, 0.25) is 0 Å². The molecule has 1 aromatic heterocycles. The standard InChI is InChI=1S/C14H15BrN2OS/c1-3-9-4-5-19-13(9)14(18)17-12-8(2)6-10(15)7-11(12)16/h4-7H,3,16H2,1-2H3,(H,17,18). The average molecular weight is 339 g/mol. The maximum Gasteiger partial charge on any atom is 0.266 e. The summed E-state index contributed by atoms with van der Waals surface area (Å²) >= 11 is 4.84. The van der Waals surface area contributed by atoms with Crippen molar-refractivity contribution in [2.75, 3.05) is 11.1 Å². The van der Waals surface area contributed by atoms with Crippen LogP contribution in [-0.2, 0) is 6.42 Å². The van der Waals surface area contributed by atoms with Crippen LogP contribution < -0.4 is 11.1 Å². The molecule has 1 heterocycles. The van der Waals surface area contributed by atoms with Gasteiger partial charge in [-0.25, -0.2) is 0 Å². The molecule has 0 aliphatic heterocycles. The Morgan fingerprint density at radius 3 is 2.84 bits per heavy atom. The van der Waals surface area contributed by atoms with Gasteiger partial charge in [0, 0.05) is 4.47 Å². The molecule has 2 rings (SSSR count). The summed E-state index contributed by atoms with van der Waals surface area (Å²) in [5, 5.41) is 4.84. The minimum Gasteiger partial charge on any atom is -0.397 e. The number of rotatable bonds is 3. The van der Waals surface area contributed by atoms with Gasteiger partial charge in [-0.05, 0) is 48.1 Å². The number of carbonyl (C=O) groups excluding carboxylic acids is 1. The van der Waals surface area contributed by atoms with E-state index >= 15 is 0 Å². The summed E-state index contributed by atoms with van der Waals surface area (Å²) in [4.78, 5) is 13.0. The second kappa shape index (κ2) is 5.75. The smallest absolute Gasteiger partial charge is 0.266 e. The zero-order valence-corrected chi connectivity index (χ0v) is 13.2. The first-order valence-electron chi connectivity index (χ1n) is 5.96. The maximum absolute atomic E-state index is 12.3. The van der Waals surface area contributed by atoms with E-state index in [1.165, 1.54) is 11.3 Å². The number of aryl methyl sites for hydroxylation is 2. The van der Waals surface area contributed by atoms with Crippen LogP contribution in [0.3, 0.4) is 0 Å². The van der Waals surface area contributed by atoms with Gasteiger partial charge in [-0.3, -0.25) is 4.79 Å². The summed E-state index contributed by atoms with van der Waals surface area (Å²) in [6, 6.07) is 5.70. The normalized spacial score (nSPS) is 10.5. The number of hydrogen-bond acceptors (Lipinski definition) is 3. The maximum atomic E-state index is 12.3. The van der Waals surface area contributed by atoms with Crippen molar-refractivity contribution in [3.05, 3.63) is 44.1 Å². The van der Waals surface area contributed by atoms with Gasteiger partial charge >= 0.3 is 0 Å². The molecule has 5 heteroatoms. The highest BCUT2D eigenvalue weighted by molar-refractivity contribution is 9.10. The quantitative estimate of drug-likeness (QED) is 0.823. The third kappa shape index (κ3) is 2.98. The molecule has 0 saturated heterocycles. The fourth-order valence-corrected chi connectivity index (χ4v) is 3.40. The lowest BCUT2D eigenvalue weighted by Crippen LogP contribution is -2.14. The van der Waals surface area contributed by atoms with E-state index < -0.39 is 0 Å². The van der Waals surface area contributed by atoms with E-state index in [4.69, 9.17) is 5.73 Å². The van der Waals surface area contributed by atoms with Crippen molar-refractivity contribution in [3.8, 4) is 0 Å². The lowest BCUT2D eigenvalue weighted by molar-refractivity contribution is 0.102. The number of carbonyl (C=O) groups is 1. The fraction of sp³-hybridized carbons (Fsp3) is 0.214. The number of halogens is 1. The number of nitrogens with two attached hydrogens (primary N) is 1. The third-order valence-corrected chi connectivity index (χ3v) is 4.32. The summed E-state index contributed by atoms with van der Waals surface area (Å²) < 4.78 is 0.908. The van der Waals surface area contributed by atoms with Gasteiger partial charge in [-0.15, -0.1) is 11.3 Å². The van der Waals surface area contributed by atoms with E-state index in [1.807, 2.05) is 31.4 Å². The SMILES string of the molecule is CCc1ccsc1C(=O)Nc1c(C)cc(Br)cc1N. The van der Waals surface area contributed by atoms with Crippen molar-refractivity contribution in [2.24, 2.45) is 0 Å². The molecule has 0 fully saturated rings. The molecule has 2 aromatic rings. The lowest BCUT2D eigenvalue weighted by atomic mass is 10.1. The second-order valence-corrected chi connectivity index (χ2v) is 6.10. The molecule has 100 valence electrons. The van der Waals surface area contributed by atoms with Gasteiger partial charge in [-0.2, -0.15) is 0 Å². The molecule has 19 heavy (non-hydrogen) atoms. The first-order valence-corrected chi connectivity index (χ1v) is 7.63. The summed E-state index contributed by atoms with van der Waals surface area (Å²) in [6.07, 6.45) is 0.848. The first-order chi connectivity index (χ1) is 9.02. The number of hydrogen-bond donors (Lipinski definition) is 2. The van der Waals surface area contributed by atoms with Crippen molar-refractivity contribution in [1.82, 2.24) is 0 Å². The molecule has 0 unspecified atom stereocenters. The highest BCUT2D eigenvalue weighted by Crippen LogP contribution is 2.29. The van der Waals surface area contributed by atoms with Crippen molar-refractivity contribution in [3.63, 3.8) is 0 Å². The van der Waals surface area contributed by atoms with Crippen LogP contribution in [0.5, 0.6) is 0 Å². The molecule has 3 N–H and O–H groups in total. The van der Waals surface area contributed by atoms with Gasteiger partial charge in [0.15, 0.2) is 0 Å².